The number of carboxylic acid groups (broad SMARTS) is 1. The number of hydrogen-bond acceptors (Lipinski definition) is 3. The van der Waals surface area contributed by atoms with Crippen molar-refractivity contribution < 1.29 is 19.8 Å². The summed E-state index contributed by atoms with van der Waals surface area (Å²) in [7, 11) is 1.65. The van der Waals surface area contributed by atoms with Crippen LogP contribution in [-0.4, -0.2) is 64.8 Å². The fourth-order valence-electron chi connectivity index (χ4n) is 2.31. The van der Waals surface area contributed by atoms with Crippen LogP contribution in [0.15, 0.2) is 0 Å². The van der Waals surface area contributed by atoms with Crippen LogP contribution in [0.1, 0.15) is 32.1 Å². The van der Waals surface area contributed by atoms with Gasteiger partial charge in [-0.1, -0.05) is 0 Å². The first kappa shape index (κ1) is 14.8. The van der Waals surface area contributed by atoms with E-state index in [4.69, 9.17) is 10.2 Å². The number of rotatable bonds is 5. The molecule has 2 N–H and O–H groups in total. The molecule has 6 nitrogen and oxygen atoms in total. The van der Waals surface area contributed by atoms with Crippen LogP contribution in [0, 0.1) is 0 Å². The molecular weight excluding hydrogens is 236 g/mol. The standard InChI is InChI=1S/C12H22N2O4/c1-13(8-9-15)12(18)14-7-3-2-4-10(14)5-6-11(16)17/h10,15H,2-9H2,1H3,(H,16,17). The van der Waals surface area contributed by atoms with Crippen LogP contribution in [-0.2, 0) is 4.79 Å². The highest BCUT2D eigenvalue weighted by Crippen LogP contribution is 2.22. The SMILES string of the molecule is CN(CCO)C(=O)N1CCCCC1CCC(=O)O. The van der Waals surface area contributed by atoms with E-state index in [1.165, 1.54) is 4.90 Å². The highest BCUT2D eigenvalue weighted by molar-refractivity contribution is 5.74. The van der Waals surface area contributed by atoms with Gasteiger partial charge in [0.1, 0.15) is 0 Å². The summed E-state index contributed by atoms with van der Waals surface area (Å²) in [5.41, 5.74) is 0. The average Bonchev–Trinajstić information content (AvgIpc) is 2.36. The van der Waals surface area contributed by atoms with Gasteiger partial charge in [0, 0.05) is 32.6 Å². The van der Waals surface area contributed by atoms with Crippen LogP contribution in [0.5, 0.6) is 0 Å². The van der Waals surface area contributed by atoms with Crippen LogP contribution in [0.25, 0.3) is 0 Å². The van der Waals surface area contributed by atoms with Crippen molar-refractivity contribution in [3.63, 3.8) is 0 Å². The molecule has 0 aromatic carbocycles. The summed E-state index contributed by atoms with van der Waals surface area (Å²) >= 11 is 0. The third-order valence-corrected chi connectivity index (χ3v) is 3.33. The summed E-state index contributed by atoms with van der Waals surface area (Å²) in [4.78, 5) is 26.0. The first-order valence-electron chi connectivity index (χ1n) is 6.40. The predicted molar refractivity (Wildman–Crippen MR) is 66.3 cm³/mol. The van der Waals surface area contributed by atoms with Crippen LogP contribution in [0.2, 0.25) is 0 Å². The Bertz CT molecular complexity index is 296. The second kappa shape index (κ2) is 7.20. The maximum Gasteiger partial charge on any atom is 0.320 e. The lowest BCUT2D eigenvalue weighted by molar-refractivity contribution is -0.137. The Labute approximate surface area is 107 Å². The molecule has 0 radical (unpaired) electrons. The molecule has 0 aromatic heterocycles. The highest BCUT2D eigenvalue weighted by atomic mass is 16.4. The molecule has 0 aromatic rings. The van der Waals surface area contributed by atoms with Crippen molar-refractivity contribution in [1.82, 2.24) is 9.80 Å². The van der Waals surface area contributed by atoms with E-state index >= 15 is 0 Å². The van der Waals surface area contributed by atoms with Gasteiger partial charge in [0.15, 0.2) is 0 Å². The fraction of sp³-hybridized carbons (Fsp3) is 0.833. The molecule has 1 unspecified atom stereocenters. The number of urea groups is 1. The van der Waals surface area contributed by atoms with Gasteiger partial charge in [0.2, 0.25) is 0 Å². The largest absolute Gasteiger partial charge is 0.481 e. The molecule has 1 saturated heterocycles. The van der Waals surface area contributed by atoms with Gasteiger partial charge < -0.3 is 20.0 Å². The van der Waals surface area contributed by atoms with Crippen molar-refractivity contribution >= 4 is 12.0 Å². The molecule has 0 spiro atoms. The van der Waals surface area contributed by atoms with Crippen molar-refractivity contribution in [2.45, 2.75) is 38.1 Å². The number of aliphatic hydroxyl groups excluding tert-OH is 1. The highest BCUT2D eigenvalue weighted by Gasteiger charge is 2.28. The Morgan fingerprint density at radius 1 is 1.39 bits per heavy atom. The number of carbonyl (C=O) groups is 2. The van der Waals surface area contributed by atoms with E-state index in [1.54, 1.807) is 11.9 Å². The zero-order valence-electron chi connectivity index (χ0n) is 10.8. The molecule has 1 rings (SSSR count). The Morgan fingerprint density at radius 2 is 2.11 bits per heavy atom. The summed E-state index contributed by atoms with van der Waals surface area (Å²) in [6.07, 6.45) is 3.47. The number of piperidine rings is 1. The van der Waals surface area contributed by atoms with Gasteiger partial charge in [-0.2, -0.15) is 0 Å². The number of likely N-dealkylation sites (tertiary alicyclic amines) is 1. The Morgan fingerprint density at radius 3 is 2.72 bits per heavy atom. The van der Waals surface area contributed by atoms with Crippen molar-refractivity contribution in [3.8, 4) is 0 Å². The van der Waals surface area contributed by atoms with Crippen LogP contribution in [0.4, 0.5) is 4.79 Å². The minimum absolute atomic E-state index is 0.0171. The maximum absolute atomic E-state index is 12.1. The van der Waals surface area contributed by atoms with Crippen molar-refractivity contribution in [3.05, 3.63) is 0 Å². The molecule has 1 aliphatic rings. The van der Waals surface area contributed by atoms with Crippen molar-refractivity contribution in [2.75, 3.05) is 26.7 Å². The number of aliphatic hydroxyl groups is 1. The number of amides is 2. The Balaban J connectivity index is 2.57. The predicted octanol–water partition coefficient (Wildman–Crippen LogP) is 0.750. The number of carboxylic acids is 1. The van der Waals surface area contributed by atoms with Crippen LogP contribution in [0.3, 0.4) is 0 Å². The minimum Gasteiger partial charge on any atom is -0.481 e. The third kappa shape index (κ3) is 4.18. The van der Waals surface area contributed by atoms with E-state index < -0.39 is 5.97 Å². The molecule has 1 heterocycles. The van der Waals surface area contributed by atoms with E-state index in [9.17, 15) is 9.59 Å². The van der Waals surface area contributed by atoms with Gasteiger partial charge in [-0.25, -0.2) is 4.79 Å². The quantitative estimate of drug-likeness (QED) is 0.762. The van der Waals surface area contributed by atoms with Gasteiger partial charge in [-0.05, 0) is 25.7 Å². The first-order chi connectivity index (χ1) is 8.56. The normalized spacial score (nSPS) is 19.7. The van der Waals surface area contributed by atoms with Crippen molar-refractivity contribution in [1.29, 1.82) is 0 Å². The van der Waals surface area contributed by atoms with Gasteiger partial charge in [-0.15, -0.1) is 0 Å². The zero-order valence-corrected chi connectivity index (χ0v) is 10.8. The lowest BCUT2D eigenvalue weighted by Crippen LogP contribution is -2.49. The molecule has 0 saturated carbocycles. The summed E-state index contributed by atoms with van der Waals surface area (Å²) in [6.45, 7) is 0.926. The van der Waals surface area contributed by atoms with Crippen molar-refractivity contribution in [2.24, 2.45) is 0 Å². The van der Waals surface area contributed by atoms with Crippen LogP contribution >= 0.6 is 0 Å². The first-order valence-corrected chi connectivity index (χ1v) is 6.40. The Kier molecular flexibility index (Phi) is 5.91. The van der Waals surface area contributed by atoms with E-state index in [1.807, 2.05) is 0 Å². The zero-order chi connectivity index (χ0) is 13.5. The fourth-order valence-corrected chi connectivity index (χ4v) is 2.31. The lowest BCUT2D eigenvalue weighted by atomic mass is 9.98. The molecule has 18 heavy (non-hydrogen) atoms. The van der Waals surface area contributed by atoms with Gasteiger partial charge in [0.25, 0.3) is 0 Å². The molecule has 6 heteroatoms. The van der Waals surface area contributed by atoms with Gasteiger partial charge in [0.05, 0.1) is 6.61 Å². The minimum atomic E-state index is -0.823. The van der Waals surface area contributed by atoms with E-state index in [0.29, 0.717) is 19.5 Å². The molecule has 0 bridgehead atoms. The van der Waals surface area contributed by atoms with Crippen LogP contribution < -0.4 is 0 Å². The molecular formula is C12H22N2O4. The van der Waals surface area contributed by atoms with E-state index in [2.05, 4.69) is 0 Å². The topological polar surface area (TPSA) is 81.1 Å². The molecule has 1 fully saturated rings. The molecule has 1 aliphatic heterocycles. The maximum atomic E-state index is 12.1. The number of aliphatic carboxylic acids is 1. The van der Waals surface area contributed by atoms with Gasteiger partial charge in [-0.3, -0.25) is 4.79 Å². The Hall–Kier alpha value is -1.30. The summed E-state index contributed by atoms with van der Waals surface area (Å²) in [6, 6.07) is -0.0948. The number of hydrogen-bond donors (Lipinski definition) is 2. The molecule has 104 valence electrons. The molecule has 2 amide bonds. The second-order valence-electron chi connectivity index (χ2n) is 4.70. The molecule has 1 atom stereocenters. The van der Waals surface area contributed by atoms with Gasteiger partial charge >= 0.3 is 12.0 Å². The van der Waals surface area contributed by atoms with E-state index in [-0.39, 0.29) is 25.1 Å². The third-order valence-electron chi connectivity index (χ3n) is 3.33. The smallest absolute Gasteiger partial charge is 0.320 e. The van der Waals surface area contributed by atoms with E-state index in [0.717, 1.165) is 19.3 Å². The number of carbonyl (C=O) groups excluding carboxylic acids is 1. The average molecular weight is 258 g/mol. The lowest BCUT2D eigenvalue weighted by Gasteiger charge is -2.38. The second-order valence-corrected chi connectivity index (χ2v) is 4.70. The molecule has 0 aliphatic carbocycles. The summed E-state index contributed by atoms with van der Waals surface area (Å²) in [5.74, 6) is -0.823. The summed E-state index contributed by atoms with van der Waals surface area (Å²) < 4.78 is 0. The summed E-state index contributed by atoms with van der Waals surface area (Å²) in [5, 5.41) is 17.6. The number of nitrogens with zero attached hydrogens (tertiary/aromatic N) is 2. The monoisotopic (exact) mass is 258 g/mol. The number of likely N-dealkylation sites (N-methyl/N-ethyl adjacent to an activating group) is 1.